The number of carbonyl (C=O) groups excluding carboxylic acids is 2. The molecule has 0 spiro atoms. The van der Waals surface area contributed by atoms with E-state index in [2.05, 4.69) is 21.6 Å². The van der Waals surface area contributed by atoms with E-state index >= 15 is 0 Å². The SMILES string of the molecule is COc1ccc(NC(=O)CSc2nnc(N3C(N)=C(C#N)C(c4cccc(Cl)c4)C4=C3CCCC4=O)s2)cc1Cl. The average Bonchev–Trinajstić information content (AvgIpc) is 3.40. The molecule has 0 radical (unpaired) electrons. The number of nitrogens with one attached hydrogen (secondary N) is 1. The predicted octanol–water partition coefficient (Wildman–Crippen LogP) is 5.89. The number of ketones is 1. The van der Waals surface area contributed by atoms with Crippen molar-refractivity contribution in [1.29, 1.82) is 5.26 Å². The molecule has 2 heterocycles. The lowest BCUT2D eigenvalue weighted by Crippen LogP contribution is -2.38. The number of hydrogen-bond donors (Lipinski definition) is 2. The second-order valence-corrected chi connectivity index (χ2v) is 11.9. The van der Waals surface area contributed by atoms with E-state index in [0.717, 1.165) is 5.56 Å². The summed E-state index contributed by atoms with van der Waals surface area (Å²) in [6.45, 7) is 0. The zero-order valence-electron chi connectivity index (χ0n) is 21.1. The van der Waals surface area contributed by atoms with Gasteiger partial charge in [-0.25, -0.2) is 0 Å². The van der Waals surface area contributed by atoms with Crippen LogP contribution >= 0.6 is 46.3 Å². The lowest BCUT2D eigenvalue weighted by Gasteiger charge is -2.38. The first-order valence-corrected chi connectivity index (χ1v) is 14.7. The Morgan fingerprint density at radius 3 is 2.83 bits per heavy atom. The van der Waals surface area contributed by atoms with Gasteiger partial charge in [0.05, 0.1) is 35.4 Å². The number of thioether (sulfide) groups is 1. The van der Waals surface area contributed by atoms with Gasteiger partial charge in [-0.2, -0.15) is 5.26 Å². The number of carbonyl (C=O) groups is 2. The van der Waals surface area contributed by atoms with Crippen molar-refractivity contribution in [3.05, 3.63) is 80.7 Å². The maximum Gasteiger partial charge on any atom is 0.234 e. The molecule has 3 N–H and O–H groups in total. The van der Waals surface area contributed by atoms with Gasteiger partial charge in [0.15, 0.2) is 10.1 Å². The van der Waals surface area contributed by atoms with E-state index in [1.165, 1.54) is 30.2 Å². The molecule has 0 saturated heterocycles. The van der Waals surface area contributed by atoms with Gasteiger partial charge in [0.2, 0.25) is 11.0 Å². The Labute approximate surface area is 248 Å². The number of rotatable bonds is 7. The van der Waals surface area contributed by atoms with Crippen LogP contribution in [0, 0.1) is 11.3 Å². The number of allylic oxidation sites excluding steroid dienone is 3. The fourth-order valence-electron chi connectivity index (χ4n) is 4.74. The smallest absolute Gasteiger partial charge is 0.234 e. The first kappa shape index (κ1) is 28.0. The molecule has 1 aromatic heterocycles. The van der Waals surface area contributed by atoms with Crippen molar-refractivity contribution < 1.29 is 14.3 Å². The minimum absolute atomic E-state index is 0.0362. The number of methoxy groups -OCH3 is 1. The number of Topliss-reactive ketones (excluding diaryl/α,β-unsaturated/α-hetero) is 1. The van der Waals surface area contributed by atoms with Crippen LogP contribution in [0.4, 0.5) is 10.8 Å². The molecule has 9 nitrogen and oxygen atoms in total. The van der Waals surface area contributed by atoms with Crippen LogP contribution in [0.2, 0.25) is 10.0 Å². The van der Waals surface area contributed by atoms with Crippen molar-refractivity contribution in [2.75, 3.05) is 23.1 Å². The number of hydrogen-bond acceptors (Lipinski definition) is 10. The van der Waals surface area contributed by atoms with Crippen molar-refractivity contribution in [2.45, 2.75) is 29.5 Å². The molecule has 3 aromatic rings. The molecule has 1 aliphatic carbocycles. The van der Waals surface area contributed by atoms with Crippen molar-refractivity contribution in [3.8, 4) is 11.8 Å². The van der Waals surface area contributed by atoms with Crippen LogP contribution in [-0.2, 0) is 9.59 Å². The topological polar surface area (TPSA) is 134 Å². The van der Waals surface area contributed by atoms with Gasteiger partial charge in [-0.15, -0.1) is 10.2 Å². The van der Waals surface area contributed by atoms with Crippen LogP contribution in [0.25, 0.3) is 0 Å². The fourth-order valence-corrected chi connectivity index (χ4v) is 6.88. The first-order valence-electron chi connectivity index (χ1n) is 12.1. The van der Waals surface area contributed by atoms with Crippen LogP contribution in [0.5, 0.6) is 5.75 Å². The minimum Gasteiger partial charge on any atom is -0.495 e. The Kier molecular flexibility index (Phi) is 8.32. The Hall–Kier alpha value is -3.56. The highest BCUT2D eigenvalue weighted by molar-refractivity contribution is 8.01. The zero-order chi connectivity index (χ0) is 28.4. The zero-order valence-corrected chi connectivity index (χ0v) is 24.3. The van der Waals surface area contributed by atoms with E-state index in [1.807, 2.05) is 6.07 Å². The van der Waals surface area contributed by atoms with Gasteiger partial charge in [0, 0.05) is 28.4 Å². The molecule has 40 heavy (non-hydrogen) atoms. The maximum absolute atomic E-state index is 13.2. The van der Waals surface area contributed by atoms with Crippen molar-refractivity contribution in [1.82, 2.24) is 10.2 Å². The van der Waals surface area contributed by atoms with Gasteiger partial charge in [0.25, 0.3) is 0 Å². The van der Waals surface area contributed by atoms with Crippen LogP contribution in [0.3, 0.4) is 0 Å². The standard InChI is InChI=1S/C27H22Cl2N6O3S2/c1-38-21-9-8-16(11-18(21)29)32-22(37)13-39-27-34-33-26(40-27)35-19-6-3-7-20(36)24(19)23(17(12-30)25(35)31)14-4-2-5-15(28)10-14/h2,4-5,8-11,23H,3,6-7,13,31H2,1H3,(H,32,37). The normalized spacial score (nSPS) is 17.0. The average molecular weight is 614 g/mol. The highest BCUT2D eigenvalue weighted by atomic mass is 35.5. The van der Waals surface area contributed by atoms with E-state index in [9.17, 15) is 14.9 Å². The highest BCUT2D eigenvalue weighted by Crippen LogP contribution is 2.47. The molecule has 0 bridgehead atoms. The van der Waals surface area contributed by atoms with Crippen LogP contribution in [0.1, 0.15) is 30.7 Å². The molecule has 1 aliphatic heterocycles. The molecule has 204 valence electrons. The second kappa shape index (κ2) is 11.9. The van der Waals surface area contributed by atoms with Gasteiger partial charge in [0.1, 0.15) is 11.6 Å². The number of benzene rings is 2. The Morgan fingerprint density at radius 2 is 2.10 bits per heavy atom. The third-order valence-corrected chi connectivity index (χ3v) is 9.02. The first-order chi connectivity index (χ1) is 19.3. The summed E-state index contributed by atoms with van der Waals surface area (Å²) in [5, 5.41) is 22.8. The molecule has 5 rings (SSSR count). The summed E-state index contributed by atoms with van der Waals surface area (Å²) < 4.78 is 5.67. The van der Waals surface area contributed by atoms with Crippen LogP contribution in [0.15, 0.2) is 69.5 Å². The number of nitriles is 1. The fraction of sp³-hybridized carbons (Fsp3) is 0.222. The summed E-state index contributed by atoms with van der Waals surface area (Å²) in [5.41, 5.74) is 9.34. The van der Waals surface area contributed by atoms with E-state index in [-0.39, 0.29) is 28.8 Å². The minimum atomic E-state index is -0.611. The number of anilines is 2. The molecule has 2 aliphatic rings. The van der Waals surface area contributed by atoms with Crippen LogP contribution in [-0.4, -0.2) is 34.8 Å². The van der Waals surface area contributed by atoms with Gasteiger partial charge >= 0.3 is 0 Å². The molecule has 2 aromatic carbocycles. The monoisotopic (exact) mass is 612 g/mol. The molecule has 1 unspecified atom stereocenters. The summed E-state index contributed by atoms with van der Waals surface area (Å²) in [6.07, 6.45) is 1.63. The number of nitrogens with two attached hydrogens (primary N) is 1. The largest absolute Gasteiger partial charge is 0.495 e. The number of nitrogens with zero attached hydrogens (tertiary/aromatic N) is 4. The summed E-state index contributed by atoms with van der Waals surface area (Å²) >= 11 is 14.8. The lowest BCUT2D eigenvalue weighted by atomic mass is 9.76. The van der Waals surface area contributed by atoms with Crippen molar-refractivity contribution >= 4 is 68.8 Å². The van der Waals surface area contributed by atoms with Gasteiger partial charge in [-0.05, 0) is 48.7 Å². The third kappa shape index (κ3) is 5.53. The quantitative estimate of drug-likeness (QED) is 0.313. The molecule has 0 saturated carbocycles. The molecule has 1 atom stereocenters. The van der Waals surface area contributed by atoms with Crippen molar-refractivity contribution in [3.63, 3.8) is 0 Å². The highest BCUT2D eigenvalue weighted by Gasteiger charge is 2.41. The van der Waals surface area contributed by atoms with Crippen molar-refractivity contribution in [2.24, 2.45) is 5.73 Å². The Bertz CT molecular complexity index is 1610. The molecule has 1 amide bonds. The number of aromatic nitrogens is 2. The predicted molar refractivity (Wildman–Crippen MR) is 157 cm³/mol. The summed E-state index contributed by atoms with van der Waals surface area (Å²) in [6, 6.07) is 14.3. The molecular weight excluding hydrogens is 591 g/mol. The number of ether oxygens (including phenoxy) is 1. The van der Waals surface area contributed by atoms with E-state index < -0.39 is 5.92 Å². The van der Waals surface area contributed by atoms with E-state index in [4.69, 9.17) is 33.7 Å². The molecule has 13 heteroatoms. The number of amides is 1. The summed E-state index contributed by atoms with van der Waals surface area (Å²) in [4.78, 5) is 27.4. The Balaban J connectivity index is 1.39. The van der Waals surface area contributed by atoms with Gasteiger partial charge < -0.3 is 15.8 Å². The Morgan fingerprint density at radius 1 is 1.27 bits per heavy atom. The maximum atomic E-state index is 13.2. The summed E-state index contributed by atoms with van der Waals surface area (Å²) in [7, 11) is 1.52. The van der Waals surface area contributed by atoms with Crippen LogP contribution < -0.4 is 20.7 Å². The summed E-state index contributed by atoms with van der Waals surface area (Å²) in [5.74, 6) is -0.110. The third-order valence-electron chi connectivity index (χ3n) is 6.44. The second-order valence-electron chi connectivity index (χ2n) is 8.91. The van der Waals surface area contributed by atoms with E-state index in [1.54, 1.807) is 41.3 Å². The van der Waals surface area contributed by atoms with E-state index in [0.29, 0.717) is 61.5 Å². The molecular formula is C27H22Cl2N6O3S2. The van der Waals surface area contributed by atoms with Gasteiger partial charge in [-0.3, -0.25) is 14.5 Å². The number of halogens is 2. The lowest BCUT2D eigenvalue weighted by molar-refractivity contribution is -0.116. The van der Waals surface area contributed by atoms with Gasteiger partial charge in [-0.1, -0.05) is 58.4 Å². The molecule has 0 fully saturated rings.